The number of benzene rings is 1. The molecule has 1 aromatic carbocycles. The molecule has 0 bridgehead atoms. The van der Waals surface area contributed by atoms with Gasteiger partial charge in [-0.2, -0.15) is 5.10 Å². The van der Waals surface area contributed by atoms with Crippen molar-refractivity contribution in [3.05, 3.63) is 66.5 Å². The first kappa shape index (κ1) is 18.2. The highest BCUT2D eigenvalue weighted by atomic mass is 16.2. The molecule has 1 aliphatic rings. The number of piperidine rings is 1. The van der Waals surface area contributed by atoms with Crippen LogP contribution in [0.5, 0.6) is 0 Å². The predicted octanol–water partition coefficient (Wildman–Crippen LogP) is 2.76. The molecule has 1 N–H and O–H groups in total. The highest BCUT2D eigenvalue weighted by Gasteiger charge is 2.27. The minimum atomic E-state index is -0.0486. The summed E-state index contributed by atoms with van der Waals surface area (Å²) in [7, 11) is 0. The van der Waals surface area contributed by atoms with E-state index in [2.05, 4.69) is 25.5 Å². The lowest BCUT2D eigenvalue weighted by atomic mass is 9.96. The fraction of sp³-hybridized carbons (Fsp3) is 0.333. The van der Waals surface area contributed by atoms with E-state index in [1.807, 2.05) is 61.7 Å². The number of anilines is 1. The van der Waals surface area contributed by atoms with E-state index in [0.717, 1.165) is 30.8 Å². The Labute approximate surface area is 164 Å². The molecule has 7 heteroatoms. The SMILES string of the molecule is C[C@H](NC(=O)[C@H]1CCCN(c2ccc(-n3cccn3)nn2)C1)c1ccccc1. The van der Waals surface area contributed by atoms with Gasteiger partial charge in [0.05, 0.1) is 12.0 Å². The van der Waals surface area contributed by atoms with E-state index in [1.165, 1.54) is 0 Å². The van der Waals surface area contributed by atoms with Crippen molar-refractivity contribution in [2.24, 2.45) is 5.92 Å². The highest BCUT2D eigenvalue weighted by molar-refractivity contribution is 5.80. The van der Waals surface area contributed by atoms with Crippen LogP contribution in [0.15, 0.2) is 60.9 Å². The van der Waals surface area contributed by atoms with Crippen LogP contribution in [0, 0.1) is 5.92 Å². The molecule has 144 valence electrons. The average Bonchev–Trinajstić information content (AvgIpc) is 3.29. The third-order valence-corrected chi connectivity index (χ3v) is 5.15. The number of carbonyl (C=O) groups is 1. The van der Waals surface area contributed by atoms with Crippen LogP contribution in [-0.2, 0) is 4.79 Å². The van der Waals surface area contributed by atoms with Crippen LogP contribution in [0.3, 0.4) is 0 Å². The lowest BCUT2D eigenvalue weighted by Gasteiger charge is -2.33. The maximum Gasteiger partial charge on any atom is 0.225 e. The monoisotopic (exact) mass is 376 g/mol. The van der Waals surface area contributed by atoms with Gasteiger partial charge in [0.2, 0.25) is 5.91 Å². The minimum Gasteiger partial charge on any atom is -0.354 e. The summed E-state index contributed by atoms with van der Waals surface area (Å²) in [5.74, 6) is 1.52. The molecule has 1 saturated heterocycles. The van der Waals surface area contributed by atoms with Crippen LogP contribution in [0.4, 0.5) is 5.82 Å². The maximum atomic E-state index is 12.8. The van der Waals surface area contributed by atoms with Crippen molar-refractivity contribution in [3.8, 4) is 5.82 Å². The first-order chi connectivity index (χ1) is 13.7. The lowest BCUT2D eigenvalue weighted by Crippen LogP contribution is -2.44. The van der Waals surface area contributed by atoms with Crippen LogP contribution in [-0.4, -0.2) is 39.0 Å². The molecule has 28 heavy (non-hydrogen) atoms. The molecule has 0 saturated carbocycles. The lowest BCUT2D eigenvalue weighted by molar-refractivity contribution is -0.125. The molecule has 7 nitrogen and oxygen atoms in total. The van der Waals surface area contributed by atoms with E-state index in [9.17, 15) is 4.79 Å². The Hall–Kier alpha value is -3.22. The van der Waals surface area contributed by atoms with Crippen molar-refractivity contribution >= 4 is 11.7 Å². The van der Waals surface area contributed by atoms with E-state index in [4.69, 9.17) is 0 Å². The first-order valence-electron chi connectivity index (χ1n) is 9.65. The van der Waals surface area contributed by atoms with Gasteiger partial charge in [-0.3, -0.25) is 4.79 Å². The highest BCUT2D eigenvalue weighted by Crippen LogP contribution is 2.23. The predicted molar refractivity (Wildman–Crippen MR) is 107 cm³/mol. The normalized spacial score (nSPS) is 17.9. The molecule has 1 fully saturated rings. The van der Waals surface area contributed by atoms with Gasteiger partial charge in [-0.05, 0) is 43.5 Å². The Morgan fingerprint density at radius 1 is 1.11 bits per heavy atom. The number of aromatic nitrogens is 4. The number of hydrogen-bond acceptors (Lipinski definition) is 5. The average molecular weight is 376 g/mol. The Bertz CT molecular complexity index is 894. The molecule has 1 aliphatic heterocycles. The van der Waals surface area contributed by atoms with E-state index in [0.29, 0.717) is 12.4 Å². The van der Waals surface area contributed by atoms with Gasteiger partial charge in [0.25, 0.3) is 0 Å². The van der Waals surface area contributed by atoms with Gasteiger partial charge in [0.15, 0.2) is 11.6 Å². The molecule has 4 rings (SSSR count). The standard InChI is InChI=1S/C21H24N6O/c1-16(17-7-3-2-4-8-17)23-21(28)18-9-5-13-26(15-18)19-10-11-20(25-24-19)27-14-6-12-22-27/h2-4,6-8,10-12,14,16,18H,5,9,13,15H2,1H3,(H,23,28)/t16-,18-/m0/s1. The van der Waals surface area contributed by atoms with Gasteiger partial charge in [0.1, 0.15) is 0 Å². The minimum absolute atomic E-state index is 0.00257. The fourth-order valence-electron chi connectivity index (χ4n) is 3.57. The molecule has 0 aliphatic carbocycles. The van der Waals surface area contributed by atoms with Crippen LogP contribution in [0.2, 0.25) is 0 Å². The van der Waals surface area contributed by atoms with Crippen molar-refractivity contribution in [3.63, 3.8) is 0 Å². The third-order valence-electron chi connectivity index (χ3n) is 5.15. The van der Waals surface area contributed by atoms with Crippen LogP contribution in [0.25, 0.3) is 5.82 Å². The number of rotatable bonds is 5. The summed E-state index contributed by atoms with van der Waals surface area (Å²) in [5.41, 5.74) is 1.11. The van der Waals surface area contributed by atoms with Crippen LogP contribution < -0.4 is 10.2 Å². The van der Waals surface area contributed by atoms with E-state index in [-0.39, 0.29) is 17.9 Å². The second-order valence-electron chi connectivity index (χ2n) is 7.13. The second kappa shape index (κ2) is 8.21. The Kier molecular flexibility index (Phi) is 5.32. The van der Waals surface area contributed by atoms with E-state index in [1.54, 1.807) is 10.9 Å². The van der Waals surface area contributed by atoms with Crippen molar-refractivity contribution in [1.29, 1.82) is 0 Å². The summed E-state index contributed by atoms with van der Waals surface area (Å²) < 4.78 is 1.67. The Morgan fingerprint density at radius 3 is 2.61 bits per heavy atom. The number of nitrogens with zero attached hydrogens (tertiary/aromatic N) is 5. The molecule has 0 unspecified atom stereocenters. The van der Waals surface area contributed by atoms with Gasteiger partial charge < -0.3 is 10.2 Å². The quantitative estimate of drug-likeness (QED) is 0.741. The second-order valence-corrected chi connectivity index (χ2v) is 7.13. The van der Waals surface area contributed by atoms with Crippen molar-refractivity contribution in [2.75, 3.05) is 18.0 Å². The molecule has 0 spiro atoms. The number of amides is 1. The summed E-state index contributed by atoms with van der Waals surface area (Å²) in [6.07, 6.45) is 5.39. The van der Waals surface area contributed by atoms with Crippen LogP contribution in [0.1, 0.15) is 31.4 Å². The molecule has 3 aromatic rings. The summed E-state index contributed by atoms with van der Waals surface area (Å²) in [4.78, 5) is 14.9. The third kappa shape index (κ3) is 4.03. The van der Waals surface area contributed by atoms with Crippen molar-refractivity contribution in [2.45, 2.75) is 25.8 Å². The smallest absolute Gasteiger partial charge is 0.225 e. The van der Waals surface area contributed by atoms with Crippen LogP contribution >= 0.6 is 0 Å². The molecule has 2 aromatic heterocycles. The molecule has 1 amide bonds. The maximum absolute atomic E-state index is 12.8. The molecule has 0 radical (unpaired) electrons. The number of nitrogens with one attached hydrogen (secondary N) is 1. The molecule has 3 heterocycles. The van der Waals surface area contributed by atoms with Gasteiger partial charge in [-0.15, -0.1) is 10.2 Å². The topological polar surface area (TPSA) is 75.9 Å². The van der Waals surface area contributed by atoms with Gasteiger partial charge >= 0.3 is 0 Å². The zero-order valence-corrected chi connectivity index (χ0v) is 15.9. The Morgan fingerprint density at radius 2 is 1.89 bits per heavy atom. The van der Waals surface area contributed by atoms with Crippen molar-refractivity contribution in [1.82, 2.24) is 25.3 Å². The molecular formula is C21H24N6O. The summed E-state index contributed by atoms with van der Waals surface area (Å²) >= 11 is 0. The zero-order chi connectivity index (χ0) is 19.3. The van der Waals surface area contributed by atoms with Gasteiger partial charge in [-0.1, -0.05) is 30.3 Å². The first-order valence-corrected chi connectivity index (χ1v) is 9.65. The van der Waals surface area contributed by atoms with Gasteiger partial charge in [-0.25, -0.2) is 4.68 Å². The van der Waals surface area contributed by atoms with E-state index < -0.39 is 0 Å². The Balaban J connectivity index is 1.39. The largest absolute Gasteiger partial charge is 0.354 e. The molecular weight excluding hydrogens is 352 g/mol. The number of hydrogen-bond donors (Lipinski definition) is 1. The molecule has 2 atom stereocenters. The summed E-state index contributed by atoms with van der Waals surface area (Å²) in [6, 6.07) is 15.7. The fourth-order valence-corrected chi connectivity index (χ4v) is 3.57. The summed E-state index contributed by atoms with van der Waals surface area (Å²) in [5, 5.41) is 15.9. The van der Waals surface area contributed by atoms with Crippen molar-refractivity contribution < 1.29 is 4.79 Å². The van der Waals surface area contributed by atoms with E-state index >= 15 is 0 Å². The van der Waals surface area contributed by atoms with Gasteiger partial charge in [0, 0.05) is 25.5 Å². The zero-order valence-electron chi connectivity index (χ0n) is 15.9. The number of carbonyl (C=O) groups excluding carboxylic acids is 1. The summed E-state index contributed by atoms with van der Waals surface area (Å²) in [6.45, 7) is 3.56.